The van der Waals surface area contributed by atoms with Gasteiger partial charge in [-0.1, -0.05) is 29.3 Å². The van der Waals surface area contributed by atoms with E-state index in [1.54, 1.807) is 22.7 Å². The van der Waals surface area contributed by atoms with Crippen LogP contribution in [0.1, 0.15) is 53.7 Å². The molecule has 3 N–H and O–H groups in total. The third-order valence-electron chi connectivity index (χ3n) is 8.10. The Hall–Kier alpha value is -3.09. The predicted octanol–water partition coefficient (Wildman–Crippen LogP) is 5.04. The smallest absolute Gasteiger partial charge is 0.475 e. The van der Waals surface area contributed by atoms with E-state index in [0.717, 1.165) is 24.8 Å². The van der Waals surface area contributed by atoms with Gasteiger partial charge in [-0.05, 0) is 61.3 Å². The number of aromatic amines is 1. The Bertz CT molecular complexity index is 1560. The van der Waals surface area contributed by atoms with E-state index < -0.39 is 18.0 Å². The lowest BCUT2D eigenvalue weighted by molar-refractivity contribution is -0.192. The van der Waals surface area contributed by atoms with Gasteiger partial charge in [-0.15, -0.1) is 0 Å². The Kier molecular flexibility index (Phi) is 7.86. The molecular weight excluding hydrogens is 591 g/mol. The monoisotopic (exact) mass is 616 g/mol. The van der Waals surface area contributed by atoms with E-state index in [-0.39, 0.29) is 32.6 Å². The summed E-state index contributed by atoms with van der Waals surface area (Å²) >= 11 is 12.5. The van der Waals surface area contributed by atoms with Crippen LogP contribution in [0.15, 0.2) is 35.3 Å². The molecule has 3 aromatic rings. The summed E-state index contributed by atoms with van der Waals surface area (Å²) in [5.41, 5.74) is 1.71. The van der Waals surface area contributed by atoms with Crippen LogP contribution >= 0.6 is 23.2 Å². The third kappa shape index (κ3) is 5.96. The highest BCUT2D eigenvalue weighted by molar-refractivity contribution is 6.42. The molecule has 3 aliphatic rings. The maximum Gasteiger partial charge on any atom is 0.490 e. The molecule has 41 heavy (non-hydrogen) atoms. The molecule has 6 rings (SSSR count). The average Bonchev–Trinajstić information content (AvgIpc) is 3.57. The topological polar surface area (TPSA) is 107 Å². The number of piperidine rings is 1. The van der Waals surface area contributed by atoms with Gasteiger partial charge in [0.15, 0.2) is 0 Å². The Morgan fingerprint density at radius 3 is 2.41 bits per heavy atom. The van der Waals surface area contributed by atoms with Crippen LogP contribution in [0.4, 0.5) is 17.6 Å². The molecule has 0 aliphatic carbocycles. The molecule has 3 aliphatic heterocycles. The number of fused-ring (bicyclic) bond motifs is 3. The van der Waals surface area contributed by atoms with Crippen molar-refractivity contribution in [3.63, 3.8) is 0 Å². The highest BCUT2D eigenvalue weighted by Gasteiger charge is 2.48. The summed E-state index contributed by atoms with van der Waals surface area (Å²) in [7, 11) is 0. The van der Waals surface area contributed by atoms with Crippen LogP contribution < -0.4 is 10.9 Å². The summed E-state index contributed by atoms with van der Waals surface area (Å²) in [5, 5.41) is 11.3. The summed E-state index contributed by atoms with van der Waals surface area (Å²) in [6.45, 7) is 1.36. The van der Waals surface area contributed by atoms with Crippen molar-refractivity contribution in [2.24, 2.45) is 5.41 Å². The normalized spacial score (nSPS) is 23.6. The minimum atomic E-state index is -5.08. The second kappa shape index (κ2) is 11.0. The molecule has 5 heterocycles. The van der Waals surface area contributed by atoms with E-state index in [1.807, 2.05) is 4.90 Å². The maximum absolute atomic E-state index is 14.8. The SMILES string of the molecule is O=C(O)C(F)(F)F.O=C(c1cc(Cc2c[nH]c(=O)c3cc(Cl)c(Cl)n23)ccc1F)N1CCC2(CC3CCC(C2)N3)C1. The number of halogens is 6. The number of alkyl halides is 3. The third-order valence-corrected chi connectivity index (χ3v) is 8.85. The van der Waals surface area contributed by atoms with Gasteiger partial charge in [-0.2, -0.15) is 13.2 Å². The molecule has 14 heteroatoms. The number of hydrogen-bond donors (Lipinski definition) is 3. The zero-order chi connectivity index (χ0) is 29.7. The zero-order valence-corrected chi connectivity index (χ0v) is 23.0. The van der Waals surface area contributed by atoms with Crippen molar-refractivity contribution in [2.75, 3.05) is 13.1 Å². The highest BCUT2D eigenvalue weighted by Crippen LogP contribution is 2.46. The zero-order valence-electron chi connectivity index (χ0n) is 21.5. The first kappa shape index (κ1) is 29.4. The number of H-pyrrole nitrogens is 1. The number of rotatable bonds is 3. The summed E-state index contributed by atoms with van der Waals surface area (Å²) in [5.74, 6) is -3.53. The molecule has 2 unspecified atom stereocenters. The molecule has 3 fully saturated rings. The van der Waals surface area contributed by atoms with Crippen LogP contribution in [0.2, 0.25) is 10.2 Å². The number of carboxylic acid groups (broad SMARTS) is 1. The van der Waals surface area contributed by atoms with Gasteiger partial charge in [0.2, 0.25) is 0 Å². The van der Waals surface area contributed by atoms with Crippen molar-refractivity contribution in [3.8, 4) is 0 Å². The van der Waals surface area contributed by atoms with Crippen molar-refractivity contribution < 1.29 is 32.3 Å². The Morgan fingerprint density at radius 1 is 1.12 bits per heavy atom. The van der Waals surface area contributed by atoms with Gasteiger partial charge in [-0.25, -0.2) is 9.18 Å². The van der Waals surface area contributed by atoms with Crippen LogP contribution in [0.5, 0.6) is 0 Å². The molecular formula is C27H26Cl2F4N4O4. The molecule has 2 atom stereocenters. The van der Waals surface area contributed by atoms with E-state index in [9.17, 15) is 27.2 Å². The van der Waals surface area contributed by atoms with Crippen molar-refractivity contribution in [2.45, 2.75) is 56.8 Å². The lowest BCUT2D eigenvalue weighted by Crippen LogP contribution is -2.46. The van der Waals surface area contributed by atoms with Gasteiger partial charge < -0.3 is 20.3 Å². The second-order valence-electron chi connectivity index (χ2n) is 10.9. The molecule has 0 saturated carbocycles. The van der Waals surface area contributed by atoms with Gasteiger partial charge in [0.1, 0.15) is 16.5 Å². The van der Waals surface area contributed by atoms with Crippen molar-refractivity contribution in [1.82, 2.24) is 19.6 Å². The number of aliphatic carboxylic acids is 1. The van der Waals surface area contributed by atoms with Crippen molar-refractivity contribution in [3.05, 3.63) is 73.6 Å². The number of carbonyl (C=O) groups is 2. The van der Waals surface area contributed by atoms with Crippen LogP contribution in [-0.2, 0) is 11.2 Å². The summed E-state index contributed by atoms with van der Waals surface area (Å²) in [4.78, 5) is 38.9. The van der Waals surface area contributed by atoms with Crippen molar-refractivity contribution >= 4 is 40.6 Å². The molecule has 1 spiro atoms. The Labute approximate surface area is 241 Å². The number of carbonyl (C=O) groups excluding carboxylic acids is 1. The fourth-order valence-corrected chi connectivity index (χ4v) is 6.78. The van der Waals surface area contributed by atoms with E-state index in [2.05, 4.69) is 10.3 Å². The van der Waals surface area contributed by atoms with E-state index in [0.29, 0.717) is 42.8 Å². The Balaban J connectivity index is 0.000000431. The van der Waals surface area contributed by atoms with Gasteiger partial charge in [-0.3, -0.25) is 14.0 Å². The van der Waals surface area contributed by atoms with Gasteiger partial charge in [0.05, 0.1) is 10.6 Å². The van der Waals surface area contributed by atoms with Crippen molar-refractivity contribution in [1.29, 1.82) is 0 Å². The van der Waals surface area contributed by atoms with Crippen LogP contribution in [0.3, 0.4) is 0 Å². The lowest BCUT2D eigenvalue weighted by Gasteiger charge is -2.38. The summed E-state index contributed by atoms with van der Waals surface area (Å²) < 4.78 is 48.1. The number of benzene rings is 1. The van der Waals surface area contributed by atoms with Crippen LogP contribution in [-0.4, -0.2) is 62.6 Å². The summed E-state index contributed by atoms with van der Waals surface area (Å²) in [6, 6.07) is 7.23. The fourth-order valence-electron chi connectivity index (χ4n) is 6.34. The molecule has 2 aromatic heterocycles. The molecule has 1 aromatic carbocycles. The molecule has 3 saturated heterocycles. The first-order valence-corrected chi connectivity index (χ1v) is 13.7. The first-order chi connectivity index (χ1) is 19.3. The second-order valence-corrected chi connectivity index (χ2v) is 11.7. The van der Waals surface area contributed by atoms with E-state index in [4.69, 9.17) is 33.1 Å². The average molecular weight is 617 g/mol. The molecule has 2 bridgehead atoms. The Morgan fingerprint density at radius 2 is 1.78 bits per heavy atom. The maximum atomic E-state index is 14.8. The number of aromatic nitrogens is 2. The molecule has 0 radical (unpaired) electrons. The van der Waals surface area contributed by atoms with E-state index >= 15 is 0 Å². The number of hydrogen-bond acceptors (Lipinski definition) is 4. The quantitative estimate of drug-likeness (QED) is 0.357. The number of nitrogens with zero attached hydrogens (tertiary/aromatic N) is 2. The van der Waals surface area contributed by atoms with Crippen LogP contribution in [0.25, 0.3) is 5.52 Å². The van der Waals surface area contributed by atoms with Crippen LogP contribution in [0, 0.1) is 11.2 Å². The highest BCUT2D eigenvalue weighted by atomic mass is 35.5. The standard InChI is InChI=1S/C25H25Cl2FN4O2.C2HF3O2/c26-19-9-21-23(33)29-12-17(32(21)22(19)27)7-14-1-4-20(28)18(8-14)24(34)31-6-5-25(13-31)10-15-2-3-16(11-25)30-15;3-2(4,5)1(6)7/h1,4,8-9,12,15-16,30H,2-3,5-7,10-11,13H2,(H,29,33);(H,6,7). The number of carboxylic acids is 1. The number of nitrogens with one attached hydrogen (secondary N) is 2. The molecule has 220 valence electrons. The molecule has 1 amide bonds. The lowest BCUT2D eigenvalue weighted by atomic mass is 9.75. The largest absolute Gasteiger partial charge is 0.490 e. The number of likely N-dealkylation sites (tertiary alicyclic amines) is 1. The predicted molar refractivity (Wildman–Crippen MR) is 143 cm³/mol. The van der Waals surface area contributed by atoms with Gasteiger partial charge in [0, 0.05) is 43.5 Å². The minimum Gasteiger partial charge on any atom is -0.475 e. The van der Waals surface area contributed by atoms with E-state index in [1.165, 1.54) is 25.0 Å². The molecule has 8 nitrogen and oxygen atoms in total. The van der Waals surface area contributed by atoms with Gasteiger partial charge >= 0.3 is 12.1 Å². The first-order valence-electron chi connectivity index (χ1n) is 13.0. The summed E-state index contributed by atoms with van der Waals surface area (Å²) in [6.07, 6.45) is 2.43. The van der Waals surface area contributed by atoms with Gasteiger partial charge in [0.25, 0.3) is 11.5 Å². The minimum absolute atomic E-state index is 0.0868. The number of amides is 1. The fraction of sp³-hybridized carbons (Fsp3) is 0.444.